The van der Waals surface area contributed by atoms with Gasteiger partial charge in [-0.1, -0.05) is 12.1 Å². The number of fused-ring (bicyclic) bond motifs is 1. The minimum Gasteiger partial charge on any atom is -0.495 e. The molecule has 0 aromatic heterocycles. The molecule has 9 heteroatoms. The van der Waals surface area contributed by atoms with Crippen molar-refractivity contribution in [3.05, 3.63) is 47.5 Å². The smallest absolute Gasteiger partial charge is 0.270 e. The van der Waals surface area contributed by atoms with E-state index in [0.29, 0.717) is 40.9 Å². The molecule has 30 heavy (non-hydrogen) atoms. The van der Waals surface area contributed by atoms with E-state index in [-0.39, 0.29) is 17.5 Å². The highest BCUT2D eigenvalue weighted by molar-refractivity contribution is 7.80. The summed E-state index contributed by atoms with van der Waals surface area (Å²) in [5, 5.41) is 2.54. The average molecular weight is 426 g/mol. The summed E-state index contributed by atoms with van der Waals surface area (Å²) in [6.07, 6.45) is 1.45. The maximum atomic E-state index is 13.3. The van der Waals surface area contributed by atoms with Gasteiger partial charge in [-0.3, -0.25) is 14.9 Å². The van der Waals surface area contributed by atoms with Gasteiger partial charge < -0.3 is 18.9 Å². The summed E-state index contributed by atoms with van der Waals surface area (Å²) < 4.78 is 21.8. The first-order valence-corrected chi connectivity index (χ1v) is 9.55. The second-order valence-electron chi connectivity index (χ2n) is 6.31. The second kappa shape index (κ2) is 8.03. The lowest BCUT2D eigenvalue weighted by atomic mass is 10.1. The van der Waals surface area contributed by atoms with Crippen molar-refractivity contribution in [2.24, 2.45) is 0 Å². The standard InChI is InChI=1S/C21H18N2O6S/c1-3-27-16-10-18-17(28-11-29-18)9-12(16)8-13-19(24)22-21(30)23(20(13)25)14-6-4-5-7-15(14)26-2/h4-10H,3,11H2,1-2H3,(H,22,24,30). The van der Waals surface area contributed by atoms with Crippen LogP contribution < -0.4 is 29.2 Å². The molecule has 1 saturated heterocycles. The molecular formula is C21H18N2O6S. The van der Waals surface area contributed by atoms with Crippen LogP contribution in [0.4, 0.5) is 5.69 Å². The SMILES string of the molecule is CCOc1cc2c(cc1C=C1C(=O)NC(=S)N(c3ccccc3OC)C1=O)OCO2. The first-order valence-electron chi connectivity index (χ1n) is 9.14. The number of benzene rings is 2. The Bertz CT molecular complexity index is 1080. The van der Waals surface area contributed by atoms with Crippen LogP contribution >= 0.6 is 12.2 Å². The van der Waals surface area contributed by atoms with Crippen LogP contribution in [0.25, 0.3) is 6.08 Å². The van der Waals surface area contributed by atoms with E-state index in [2.05, 4.69) is 5.32 Å². The molecule has 8 nitrogen and oxygen atoms in total. The van der Waals surface area contributed by atoms with Crippen LogP contribution in [-0.2, 0) is 9.59 Å². The van der Waals surface area contributed by atoms with Gasteiger partial charge in [-0.2, -0.15) is 0 Å². The molecule has 4 rings (SSSR count). The zero-order valence-electron chi connectivity index (χ0n) is 16.3. The molecule has 0 unspecified atom stereocenters. The quantitative estimate of drug-likeness (QED) is 0.447. The lowest BCUT2D eigenvalue weighted by Gasteiger charge is -2.29. The molecule has 2 heterocycles. The van der Waals surface area contributed by atoms with E-state index >= 15 is 0 Å². The van der Waals surface area contributed by atoms with Crippen LogP contribution in [0, 0.1) is 0 Å². The Morgan fingerprint density at radius 3 is 2.63 bits per heavy atom. The number of nitrogens with one attached hydrogen (secondary N) is 1. The number of carbonyl (C=O) groups is 2. The van der Waals surface area contributed by atoms with Gasteiger partial charge in [-0.25, -0.2) is 4.90 Å². The van der Waals surface area contributed by atoms with E-state index < -0.39 is 11.8 Å². The first-order chi connectivity index (χ1) is 14.5. The van der Waals surface area contributed by atoms with Crippen LogP contribution in [0.2, 0.25) is 0 Å². The molecular weight excluding hydrogens is 408 g/mol. The minimum atomic E-state index is -0.601. The van der Waals surface area contributed by atoms with Gasteiger partial charge in [0.2, 0.25) is 6.79 Å². The molecule has 0 aliphatic carbocycles. The van der Waals surface area contributed by atoms with Gasteiger partial charge >= 0.3 is 0 Å². The van der Waals surface area contributed by atoms with Crippen molar-refractivity contribution in [3.63, 3.8) is 0 Å². The summed E-state index contributed by atoms with van der Waals surface area (Å²) in [4.78, 5) is 27.1. The van der Waals surface area contributed by atoms with Gasteiger partial charge in [-0.05, 0) is 43.4 Å². The third-order valence-corrected chi connectivity index (χ3v) is 4.82. The maximum Gasteiger partial charge on any atom is 0.270 e. The summed E-state index contributed by atoms with van der Waals surface area (Å²) in [5.41, 5.74) is 0.832. The fraction of sp³-hybridized carbons (Fsp3) is 0.190. The fourth-order valence-corrected chi connectivity index (χ4v) is 3.45. The first kappa shape index (κ1) is 19.7. The van der Waals surface area contributed by atoms with Crippen molar-refractivity contribution in [1.29, 1.82) is 0 Å². The number of hydrogen-bond acceptors (Lipinski definition) is 7. The topological polar surface area (TPSA) is 86.3 Å². The summed E-state index contributed by atoms with van der Waals surface area (Å²) in [5.74, 6) is 0.779. The molecule has 1 N–H and O–H groups in total. The third-order valence-electron chi connectivity index (χ3n) is 4.53. The van der Waals surface area contributed by atoms with E-state index in [4.69, 9.17) is 31.2 Å². The number of hydrogen-bond donors (Lipinski definition) is 1. The van der Waals surface area contributed by atoms with E-state index in [0.717, 1.165) is 0 Å². The molecule has 2 aromatic carbocycles. The average Bonchev–Trinajstić information content (AvgIpc) is 3.18. The van der Waals surface area contributed by atoms with E-state index in [1.807, 2.05) is 6.92 Å². The monoisotopic (exact) mass is 426 g/mol. The van der Waals surface area contributed by atoms with E-state index in [9.17, 15) is 9.59 Å². The minimum absolute atomic E-state index is 0.0256. The number of anilines is 1. The maximum absolute atomic E-state index is 13.3. The van der Waals surface area contributed by atoms with Gasteiger partial charge in [0.25, 0.3) is 11.8 Å². The highest BCUT2D eigenvalue weighted by Crippen LogP contribution is 2.39. The number of para-hydroxylation sites is 2. The van der Waals surface area contributed by atoms with Gasteiger partial charge in [0.1, 0.15) is 17.1 Å². The third kappa shape index (κ3) is 3.43. The van der Waals surface area contributed by atoms with Crippen molar-refractivity contribution >= 4 is 40.9 Å². The Morgan fingerprint density at radius 2 is 1.90 bits per heavy atom. The molecule has 2 amide bonds. The van der Waals surface area contributed by atoms with Gasteiger partial charge in [0, 0.05) is 11.6 Å². The molecule has 154 valence electrons. The van der Waals surface area contributed by atoms with Crippen molar-refractivity contribution in [2.45, 2.75) is 6.92 Å². The zero-order valence-corrected chi connectivity index (χ0v) is 17.1. The Labute approximate surface area is 178 Å². The molecule has 0 spiro atoms. The fourth-order valence-electron chi connectivity index (χ4n) is 3.18. The van der Waals surface area contributed by atoms with Crippen LogP contribution in [0.3, 0.4) is 0 Å². The summed E-state index contributed by atoms with van der Waals surface area (Å²) in [7, 11) is 1.49. The molecule has 2 aliphatic rings. The highest BCUT2D eigenvalue weighted by Gasteiger charge is 2.36. The highest BCUT2D eigenvalue weighted by atomic mass is 32.1. The molecule has 0 bridgehead atoms. The molecule has 2 aromatic rings. The predicted molar refractivity (Wildman–Crippen MR) is 113 cm³/mol. The van der Waals surface area contributed by atoms with Crippen LogP contribution in [-0.4, -0.2) is 37.4 Å². The van der Waals surface area contributed by atoms with Crippen molar-refractivity contribution < 1.29 is 28.5 Å². The second-order valence-corrected chi connectivity index (χ2v) is 6.69. The number of methoxy groups -OCH3 is 1. The molecule has 2 aliphatic heterocycles. The number of amides is 2. The number of thiocarbonyl (C=S) groups is 1. The lowest BCUT2D eigenvalue weighted by Crippen LogP contribution is -2.54. The van der Waals surface area contributed by atoms with Crippen molar-refractivity contribution in [2.75, 3.05) is 25.4 Å². The molecule has 0 atom stereocenters. The predicted octanol–water partition coefficient (Wildman–Crippen LogP) is 2.65. The van der Waals surface area contributed by atoms with E-state index in [1.54, 1.807) is 36.4 Å². The number of rotatable bonds is 5. The Morgan fingerprint density at radius 1 is 1.17 bits per heavy atom. The number of nitrogens with zero attached hydrogens (tertiary/aromatic N) is 1. The van der Waals surface area contributed by atoms with Gasteiger partial charge in [-0.15, -0.1) is 0 Å². The number of carbonyl (C=O) groups excluding carboxylic acids is 2. The molecule has 0 saturated carbocycles. The normalized spacial score (nSPS) is 16.7. The van der Waals surface area contributed by atoms with Gasteiger partial charge in [0.15, 0.2) is 16.6 Å². The van der Waals surface area contributed by atoms with E-state index in [1.165, 1.54) is 18.1 Å². The van der Waals surface area contributed by atoms with Crippen LogP contribution in [0.5, 0.6) is 23.0 Å². The Kier molecular flexibility index (Phi) is 5.28. The largest absolute Gasteiger partial charge is 0.495 e. The van der Waals surface area contributed by atoms with Crippen molar-refractivity contribution in [1.82, 2.24) is 5.32 Å². The Hall–Kier alpha value is -3.59. The zero-order chi connectivity index (χ0) is 21.3. The Balaban J connectivity index is 1.79. The van der Waals surface area contributed by atoms with Gasteiger partial charge in [0.05, 0.1) is 19.4 Å². The summed E-state index contributed by atoms with van der Waals surface area (Å²) in [6.45, 7) is 2.32. The number of ether oxygens (including phenoxy) is 4. The van der Waals surface area contributed by atoms with Crippen LogP contribution in [0.15, 0.2) is 42.0 Å². The lowest BCUT2D eigenvalue weighted by molar-refractivity contribution is -0.122. The van der Waals surface area contributed by atoms with Crippen LogP contribution in [0.1, 0.15) is 12.5 Å². The summed E-state index contributed by atoms with van der Waals surface area (Å²) in [6, 6.07) is 10.3. The molecule has 1 fully saturated rings. The van der Waals surface area contributed by atoms with Crippen molar-refractivity contribution in [3.8, 4) is 23.0 Å². The summed E-state index contributed by atoms with van der Waals surface area (Å²) >= 11 is 5.25. The molecule has 0 radical (unpaired) electrons.